The van der Waals surface area contributed by atoms with Gasteiger partial charge in [-0.25, -0.2) is 8.42 Å². The first-order chi connectivity index (χ1) is 9.18. The van der Waals surface area contributed by atoms with E-state index in [1.54, 1.807) is 0 Å². The van der Waals surface area contributed by atoms with Crippen LogP contribution in [0.15, 0.2) is 23.1 Å². The molecule has 110 valence electrons. The quantitative estimate of drug-likeness (QED) is 0.864. The van der Waals surface area contributed by atoms with Crippen molar-refractivity contribution in [3.05, 3.63) is 28.2 Å². The molecule has 2 rings (SSSR count). The standard InChI is InChI=1S/C12H13Cl2NO4S/c1-12(11(16)17,7-5-6-7)15-20(18,19)10-8(13)3-2-4-9(10)14/h2-4,7,15H,5-6H2,1H3,(H,16,17). The number of benzene rings is 1. The minimum absolute atomic E-state index is 0.0477. The van der Waals surface area contributed by atoms with Crippen LogP contribution in [0.2, 0.25) is 10.0 Å². The Labute approximate surface area is 126 Å². The van der Waals surface area contributed by atoms with Gasteiger partial charge >= 0.3 is 5.97 Å². The third-order valence-corrected chi connectivity index (χ3v) is 5.90. The molecule has 0 aromatic heterocycles. The maximum Gasteiger partial charge on any atom is 0.324 e. The summed E-state index contributed by atoms with van der Waals surface area (Å²) in [5, 5.41) is 9.20. The fourth-order valence-electron chi connectivity index (χ4n) is 2.03. The number of nitrogens with one attached hydrogen (secondary N) is 1. The summed E-state index contributed by atoms with van der Waals surface area (Å²) >= 11 is 11.7. The molecule has 0 saturated heterocycles. The third kappa shape index (κ3) is 2.79. The van der Waals surface area contributed by atoms with E-state index in [-0.39, 0.29) is 20.9 Å². The first kappa shape index (κ1) is 15.6. The largest absolute Gasteiger partial charge is 0.480 e. The molecule has 1 unspecified atom stereocenters. The fraction of sp³-hybridized carbons (Fsp3) is 0.417. The van der Waals surface area contributed by atoms with E-state index in [0.717, 1.165) is 0 Å². The lowest BCUT2D eigenvalue weighted by atomic mass is 9.98. The molecular formula is C12H13Cl2NO4S. The maximum atomic E-state index is 12.4. The van der Waals surface area contributed by atoms with Crippen molar-refractivity contribution in [2.45, 2.75) is 30.2 Å². The second kappa shape index (κ2) is 5.18. The molecule has 1 fully saturated rings. The van der Waals surface area contributed by atoms with Crippen molar-refractivity contribution in [1.29, 1.82) is 0 Å². The Morgan fingerprint density at radius 2 is 1.85 bits per heavy atom. The number of hydrogen-bond acceptors (Lipinski definition) is 3. The predicted molar refractivity (Wildman–Crippen MR) is 75.5 cm³/mol. The number of sulfonamides is 1. The second-order valence-corrected chi connectivity index (χ2v) is 7.37. The van der Waals surface area contributed by atoms with Crippen LogP contribution in [-0.4, -0.2) is 25.0 Å². The Balaban J connectivity index is 2.43. The second-order valence-electron chi connectivity index (χ2n) is 4.94. The number of rotatable bonds is 5. The van der Waals surface area contributed by atoms with Crippen LogP contribution in [0.4, 0.5) is 0 Å². The molecule has 0 amide bonds. The van der Waals surface area contributed by atoms with E-state index in [1.165, 1.54) is 25.1 Å². The van der Waals surface area contributed by atoms with Gasteiger partial charge in [0.05, 0.1) is 10.0 Å². The van der Waals surface area contributed by atoms with Crippen LogP contribution in [0.25, 0.3) is 0 Å². The van der Waals surface area contributed by atoms with Gasteiger partial charge in [-0.15, -0.1) is 0 Å². The van der Waals surface area contributed by atoms with E-state index in [4.69, 9.17) is 23.2 Å². The van der Waals surface area contributed by atoms with Crippen molar-refractivity contribution in [1.82, 2.24) is 4.72 Å². The van der Waals surface area contributed by atoms with Gasteiger partial charge < -0.3 is 5.11 Å². The summed E-state index contributed by atoms with van der Waals surface area (Å²) in [5.74, 6) is -1.44. The third-order valence-electron chi connectivity index (χ3n) is 3.37. The summed E-state index contributed by atoms with van der Waals surface area (Å²) in [4.78, 5) is 11.1. The average Bonchev–Trinajstić information content (AvgIpc) is 3.10. The van der Waals surface area contributed by atoms with Crippen LogP contribution in [-0.2, 0) is 14.8 Å². The molecule has 0 bridgehead atoms. The van der Waals surface area contributed by atoms with Crippen molar-refractivity contribution in [3.63, 3.8) is 0 Å². The average molecular weight is 338 g/mol. The fourth-order valence-corrected chi connectivity index (χ4v) is 4.60. The van der Waals surface area contributed by atoms with E-state index in [9.17, 15) is 18.3 Å². The SMILES string of the molecule is CC(NS(=O)(=O)c1c(Cl)cccc1Cl)(C(=O)O)C1CC1. The number of carbonyl (C=O) groups is 1. The smallest absolute Gasteiger partial charge is 0.324 e. The Morgan fingerprint density at radius 1 is 1.35 bits per heavy atom. The zero-order valence-electron chi connectivity index (χ0n) is 10.6. The maximum absolute atomic E-state index is 12.4. The minimum atomic E-state index is -4.12. The Hall–Kier alpha value is -0.820. The van der Waals surface area contributed by atoms with Crippen LogP contribution < -0.4 is 4.72 Å². The molecule has 1 aliphatic carbocycles. The van der Waals surface area contributed by atoms with Gasteiger partial charge in [0, 0.05) is 0 Å². The summed E-state index contributed by atoms with van der Waals surface area (Å²) in [5.41, 5.74) is -1.55. The molecule has 8 heteroatoms. The highest BCUT2D eigenvalue weighted by atomic mass is 35.5. The van der Waals surface area contributed by atoms with Crippen LogP contribution >= 0.6 is 23.2 Å². The lowest BCUT2D eigenvalue weighted by molar-refractivity contribution is -0.144. The van der Waals surface area contributed by atoms with Crippen molar-refractivity contribution in [2.24, 2.45) is 5.92 Å². The van der Waals surface area contributed by atoms with E-state index in [2.05, 4.69) is 4.72 Å². The number of halogens is 2. The number of carboxylic acids is 1. The molecule has 1 atom stereocenters. The molecule has 20 heavy (non-hydrogen) atoms. The van der Waals surface area contributed by atoms with Gasteiger partial charge in [-0.3, -0.25) is 4.79 Å². The monoisotopic (exact) mass is 337 g/mol. The number of carboxylic acid groups (broad SMARTS) is 1. The van der Waals surface area contributed by atoms with Crippen LogP contribution in [0.1, 0.15) is 19.8 Å². The van der Waals surface area contributed by atoms with Crippen LogP contribution in [0.3, 0.4) is 0 Å². The van der Waals surface area contributed by atoms with Crippen molar-refractivity contribution in [3.8, 4) is 0 Å². The first-order valence-electron chi connectivity index (χ1n) is 5.90. The van der Waals surface area contributed by atoms with Gasteiger partial charge in [-0.05, 0) is 37.8 Å². The predicted octanol–water partition coefficient (Wildman–Crippen LogP) is 2.53. The van der Waals surface area contributed by atoms with Gasteiger partial charge in [0.25, 0.3) is 0 Å². The topological polar surface area (TPSA) is 83.5 Å². The molecule has 1 aromatic rings. The zero-order valence-corrected chi connectivity index (χ0v) is 12.9. The highest BCUT2D eigenvalue weighted by Crippen LogP contribution is 2.41. The highest BCUT2D eigenvalue weighted by molar-refractivity contribution is 7.89. The van der Waals surface area contributed by atoms with Crippen molar-refractivity contribution >= 4 is 39.2 Å². The Bertz CT molecular complexity index is 637. The molecule has 2 N–H and O–H groups in total. The van der Waals surface area contributed by atoms with Gasteiger partial charge in [0.2, 0.25) is 10.0 Å². The van der Waals surface area contributed by atoms with E-state index in [0.29, 0.717) is 12.8 Å². The normalized spacial score (nSPS) is 18.6. The molecule has 0 spiro atoms. The number of aliphatic carboxylic acids is 1. The molecule has 1 saturated carbocycles. The zero-order chi connectivity index (χ0) is 15.1. The molecular weight excluding hydrogens is 325 g/mol. The lowest BCUT2D eigenvalue weighted by Gasteiger charge is -2.26. The molecule has 0 radical (unpaired) electrons. The van der Waals surface area contributed by atoms with Gasteiger partial charge in [0.1, 0.15) is 10.4 Å². The molecule has 0 heterocycles. The van der Waals surface area contributed by atoms with Crippen LogP contribution in [0.5, 0.6) is 0 Å². The first-order valence-corrected chi connectivity index (χ1v) is 8.14. The Kier molecular flexibility index (Phi) is 4.03. The van der Waals surface area contributed by atoms with Crippen molar-refractivity contribution in [2.75, 3.05) is 0 Å². The van der Waals surface area contributed by atoms with E-state index >= 15 is 0 Å². The minimum Gasteiger partial charge on any atom is -0.480 e. The van der Waals surface area contributed by atoms with E-state index < -0.39 is 21.5 Å². The lowest BCUT2D eigenvalue weighted by Crippen LogP contribution is -2.53. The van der Waals surface area contributed by atoms with Crippen LogP contribution in [0, 0.1) is 5.92 Å². The molecule has 1 aliphatic rings. The summed E-state index contributed by atoms with van der Waals surface area (Å²) < 4.78 is 27.0. The van der Waals surface area contributed by atoms with E-state index in [1.807, 2.05) is 0 Å². The van der Waals surface area contributed by atoms with Gasteiger partial charge in [-0.1, -0.05) is 29.3 Å². The van der Waals surface area contributed by atoms with Crippen molar-refractivity contribution < 1.29 is 18.3 Å². The Morgan fingerprint density at radius 3 is 2.25 bits per heavy atom. The highest BCUT2D eigenvalue weighted by Gasteiger charge is 2.50. The summed E-state index contributed by atoms with van der Waals surface area (Å²) in [6.07, 6.45) is 1.34. The summed E-state index contributed by atoms with van der Waals surface area (Å²) in [6.45, 7) is 1.36. The van der Waals surface area contributed by atoms with Gasteiger partial charge in [-0.2, -0.15) is 4.72 Å². The van der Waals surface area contributed by atoms with Gasteiger partial charge in [0.15, 0.2) is 0 Å². The molecule has 5 nitrogen and oxygen atoms in total. The molecule has 0 aliphatic heterocycles. The summed E-state index contributed by atoms with van der Waals surface area (Å²) in [6, 6.07) is 4.29. The number of hydrogen-bond donors (Lipinski definition) is 2. The molecule has 1 aromatic carbocycles. The summed E-state index contributed by atoms with van der Waals surface area (Å²) in [7, 11) is -4.12.